The molecule has 0 unspecified atom stereocenters. The molecule has 160 valence electrons. The van der Waals surface area contributed by atoms with Crippen LogP contribution in [-0.2, 0) is 17.8 Å². The molecule has 2 N–H and O–H groups in total. The van der Waals surface area contributed by atoms with Crippen molar-refractivity contribution in [1.82, 2.24) is 20.4 Å². The Morgan fingerprint density at radius 2 is 2.07 bits per heavy atom. The lowest BCUT2D eigenvalue weighted by molar-refractivity contribution is 0.0732. The van der Waals surface area contributed by atoms with Crippen molar-refractivity contribution in [2.24, 2.45) is 10.4 Å². The molecule has 0 aliphatic heterocycles. The normalized spacial score (nSPS) is 15.3. The van der Waals surface area contributed by atoms with Gasteiger partial charge in [-0.25, -0.2) is 4.99 Å². The van der Waals surface area contributed by atoms with Gasteiger partial charge in [-0.15, -0.1) is 24.0 Å². The highest BCUT2D eigenvalue weighted by Gasteiger charge is 2.36. The van der Waals surface area contributed by atoms with E-state index in [0.717, 1.165) is 38.6 Å². The molecule has 0 spiro atoms. The summed E-state index contributed by atoms with van der Waals surface area (Å²) in [4.78, 5) is 4.80. The Kier molecular flexibility index (Phi) is 9.93. The van der Waals surface area contributed by atoms with E-state index in [9.17, 15) is 0 Å². The maximum absolute atomic E-state index is 5.30. The highest BCUT2D eigenvalue weighted by atomic mass is 127. The molecule has 1 saturated carbocycles. The smallest absolute Gasteiger partial charge is 0.191 e. The van der Waals surface area contributed by atoms with E-state index in [0.29, 0.717) is 12.0 Å². The fourth-order valence-electron chi connectivity index (χ4n) is 3.70. The first-order valence-electron chi connectivity index (χ1n) is 10.3. The zero-order chi connectivity index (χ0) is 19.7. The van der Waals surface area contributed by atoms with Gasteiger partial charge in [-0.3, -0.25) is 4.68 Å². The minimum absolute atomic E-state index is 0. The van der Waals surface area contributed by atoms with Crippen molar-refractivity contribution in [3.05, 3.63) is 53.9 Å². The lowest BCUT2D eigenvalue weighted by atomic mass is 9.67. The number of nitrogens with zero attached hydrogens (tertiary/aromatic N) is 3. The standard InChI is InChI=1S/C22H33N5O.HI/c1-3-23-21(25-18-22(9-5-10-22)11-14-28-2)24-16-19-7-4-8-20(15-19)17-27-13-6-12-26-27;/h4,6-8,12-13,15H,3,5,9-11,14,16-18H2,1-2H3,(H2,23,24,25);1H. The van der Waals surface area contributed by atoms with Crippen LogP contribution in [0.4, 0.5) is 0 Å². The van der Waals surface area contributed by atoms with E-state index in [1.807, 2.05) is 23.1 Å². The molecule has 0 atom stereocenters. The summed E-state index contributed by atoms with van der Waals surface area (Å²) in [5.74, 6) is 0.892. The van der Waals surface area contributed by atoms with Gasteiger partial charge >= 0.3 is 0 Å². The maximum atomic E-state index is 5.30. The molecule has 0 bridgehead atoms. The molecule has 7 heteroatoms. The third-order valence-electron chi connectivity index (χ3n) is 5.54. The van der Waals surface area contributed by atoms with E-state index < -0.39 is 0 Å². The summed E-state index contributed by atoms with van der Waals surface area (Å²) in [7, 11) is 1.78. The fraction of sp³-hybridized carbons (Fsp3) is 0.545. The van der Waals surface area contributed by atoms with Gasteiger partial charge in [0.1, 0.15) is 0 Å². The summed E-state index contributed by atoms with van der Waals surface area (Å²) >= 11 is 0. The molecule has 0 amide bonds. The second-order valence-corrected chi connectivity index (χ2v) is 7.67. The van der Waals surface area contributed by atoms with Crippen molar-refractivity contribution in [2.45, 2.75) is 45.7 Å². The second kappa shape index (κ2) is 12.2. The lowest BCUT2D eigenvalue weighted by Gasteiger charge is -2.42. The number of aliphatic imine (C=N–C) groups is 1. The summed E-state index contributed by atoms with van der Waals surface area (Å²) in [5.41, 5.74) is 2.82. The van der Waals surface area contributed by atoms with Crippen molar-refractivity contribution in [3.8, 4) is 0 Å². The van der Waals surface area contributed by atoms with Gasteiger partial charge in [0.05, 0.1) is 13.1 Å². The number of hydrogen-bond donors (Lipinski definition) is 2. The molecule has 1 aromatic carbocycles. The Balaban J connectivity index is 0.00000300. The number of halogens is 1. The van der Waals surface area contributed by atoms with E-state index in [1.165, 1.54) is 30.4 Å². The van der Waals surface area contributed by atoms with E-state index in [1.54, 1.807) is 7.11 Å². The molecule has 3 rings (SSSR count). The van der Waals surface area contributed by atoms with Crippen molar-refractivity contribution in [3.63, 3.8) is 0 Å². The third-order valence-corrected chi connectivity index (χ3v) is 5.54. The van der Waals surface area contributed by atoms with E-state index in [-0.39, 0.29) is 24.0 Å². The van der Waals surface area contributed by atoms with Crippen LogP contribution in [0.25, 0.3) is 0 Å². The van der Waals surface area contributed by atoms with Crippen LogP contribution in [0.3, 0.4) is 0 Å². The highest BCUT2D eigenvalue weighted by molar-refractivity contribution is 14.0. The van der Waals surface area contributed by atoms with Gasteiger partial charge in [-0.2, -0.15) is 5.10 Å². The molecule has 0 saturated heterocycles. The monoisotopic (exact) mass is 511 g/mol. The molecule has 2 aromatic rings. The van der Waals surface area contributed by atoms with E-state index >= 15 is 0 Å². The second-order valence-electron chi connectivity index (χ2n) is 7.67. The Labute approximate surface area is 191 Å². The summed E-state index contributed by atoms with van der Waals surface area (Å²) < 4.78 is 7.24. The number of aromatic nitrogens is 2. The number of rotatable bonds is 10. The first-order chi connectivity index (χ1) is 13.7. The number of guanidine groups is 1. The summed E-state index contributed by atoms with van der Waals surface area (Å²) in [6.07, 6.45) is 8.78. The van der Waals surface area contributed by atoms with Crippen LogP contribution in [0.5, 0.6) is 0 Å². The Hall–Kier alpha value is -1.61. The first kappa shape index (κ1) is 23.7. The maximum Gasteiger partial charge on any atom is 0.191 e. The highest BCUT2D eigenvalue weighted by Crippen LogP contribution is 2.43. The van der Waals surface area contributed by atoms with E-state index in [2.05, 4.69) is 46.9 Å². The van der Waals surface area contributed by atoms with Gasteiger partial charge in [0, 0.05) is 39.2 Å². The molecular formula is C22H34IN5O. The van der Waals surface area contributed by atoms with Crippen LogP contribution >= 0.6 is 24.0 Å². The number of hydrogen-bond acceptors (Lipinski definition) is 3. The molecule has 1 aliphatic carbocycles. The fourth-order valence-corrected chi connectivity index (χ4v) is 3.70. The van der Waals surface area contributed by atoms with Gasteiger partial charge in [0.15, 0.2) is 5.96 Å². The SMILES string of the molecule is CCNC(=NCc1cccc(Cn2cccn2)c1)NCC1(CCOC)CCC1.I. The van der Waals surface area contributed by atoms with Crippen molar-refractivity contribution in [1.29, 1.82) is 0 Å². The zero-order valence-corrected chi connectivity index (χ0v) is 19.9. The van der Waals surface area contributed by atoms with Crippen LogP contribution in [0.15, 0.2) is 47.7 Å². The Bertz CT molecular complexity index is 743. The molecule has 1 aromatic heterocycles. The van der Waals surface area contributed by atoms with Crippen LogP contribution in [-0.4, -0.2) is 42.5 Å². The summed E-state index contributed by atoms with van der Waals surface area (Å²) in [6.45, 7) is 6.19. The molecule has 0 radical (unpaired) electrons. The van der Waals surface area contributed by atoms with Crippen LogP contribution in [0, 0.1) is 5.41 Å². The van der Waals surface area contributed by atoms with Crippen LogP contribution in [0.1, 0.15) is 43.7 Å². The Morgan fingerprint density at radius 1 is 1.24 bits per heavy atom. The van der Waals surface area contributed by atoms with Gasteiger partial charge in [0.25, 0.3) is 0 Å². The quantitative estimate of drug-likeness (QED) is 0.289. The number of benzene rings is 1. The third kappa shape index (κ3) is 7.29. The van der Waals surface area contributed by atoms with E-state index in [4.69, 9.17) is 9.73 Å². The van der Waals surface area contributed by atoms with Crippen molar-refractivity contribution >= 4 is 29.9 Å². The van der Waals surface area contributed by atoms with Gasteiger partial charge in [-0.05, 0) is 48.8 Å². The molecule has 1 aliphatic rings. The van der Waals surface area contributed by atoms with Gasteiger partial charge < -0.3 is 15.4 Å². The average Bonchev–Trinajstić information content (AvgIpc) is 3.18. The number of ether oxygens (including phenoxy) is 1. The van der Waals surface area contributed by atoms with Gasteiger partial charge in [0.2, 0.25) is 0 Å². The predicted octanol–water partition coefficient (Wildman–Crippen LogP) is 3.81. The van der Waals surface area contributed by atoms with Crippen LogP contribution in [0.2, 0.25) is 0 Å². The summed E-state index contributed by atoms with van der Waals surface area (Å²) in [5, 5.41) is 11.2. The predicted molar refractivity (Wildman–Crippen MR) is 129 cm³/mol. The lowest BCUT2D eigenvalue weighted by Crippen LogP contribution is -2.46. The van der Waals surface area contributed by atoms with Crippen molar-refractivity contribution in [2.75, 3.05) is 26.8 Å². The molecule has 29 heavy (non-hydrogen) atoms. The topological polar surface area (TPSA) is 63.5 Å². The molecule has 6 nitrogen and oxygen atoms in total. The first-order valence-corrected chi connectivity index (χ1v) is 10.3. The molecule has 1 heterocycles. The molecule has 1 fully saturated rings. The largest absolute Gasteiger partial charge is 0.385 e. The van der Waals surface area contributed by atoms with Gasteiger partial charge in [-0.1, -0.05) is 30.7 Å². The molecular weight excluding hydrogens is 477 g/mol. The number of nitrogens with one attached hydrogen (secondary N) is 2. The Morgan fingerprint density at radius 3 is 2.72 bits per heavy atom. The number of methoxy groups -OCH3 is 1. The average molecular weight is 511 g/mol. The van der Waals surface area contributed by atoms with Crippen LogP contribution < -0.4 is 10.6 Å². The zero-order valence-electron chi connectivity index (χ0n) is 17.6. The van der Waals surface area contributed by atoms with Crippen molar-refractivity contribution < 1.29 is 4.74 Å². The summed E-state index contributed by atoms with van der Waals surface area (Å²) in [6, 6.07) is 10.5. The minimum Gasteiger partial charge on any atom is -0.385 e. The minimum atomic E-state index is 0.